The number of benzene rings is 1. The zero-order chi connectivity index (χ0) is 27.0. The smallest absolute Gasteiger partial charge is 0.780 e. The van der Waals surface area contributed by atoms with Crippen LogP contribution in [0.2, 0.25) is 0 Å². The molecule has 9 nitrogen and oxygen atoms in total. The summed E-state index contributed by atoms with van der Waals surface area (Å²) < 4.78 is 26.2. The predicted octanol–water partition coefficient (Wildman–Crippen LogP) is -3.15. The molecule has 5 atom stereocenters. The van der Waals surface area contributed by atoms with Crippen LogP contribution in [-0.2, 0) is 18.8 Å². The van der Waals surface area contributed by atoms with E-state index in [4.69, 9.17) is 9.47 Å². The molecule has 39 heavy (non-hydrogen) atoms. The number of aliphatic hydroxyl groups is 1. The number of carbonyl (C=O) groups is 2. The topological polar surface area (TPSA) is 145 Å². The second-order valence-corrected chi connectivity index (χ2v) is 11.6. The SMILES string of the molecule is C=C1CCC2[C@](C)(CC[C@@H](O)[C@@]2(C)COC(=O)c2ccccc2OP(=O)([O-])[O-])C1/C=C/C1=CCOC1=O.[Na+].[Na+]. The van der Waals surface area contributed by atoms with Gasteiger partial charge in [0.2, 0.25) is 0 Å². The van der Waals surface area contributed by atoms with Crippen LogP contribution in [0.25, 0.3) is 0 Å². The first-order chi connectivity index (χ1) is 17.3. The molecule has 0 radical (unpaired) electrons. The molecule has 1 aromatic carbocycles. The van der Waals surface area contributed by atoms with Crippen LogP contribution in [0.4, 0.5) is 0 Å². The van der Waals surface area contributed by atoms with Gasteiger partial charge in [0.1, 0.15) is 25.7 Å². The van der Waals surface area contributed by atoms with Crippen molar-refractivity contribution < 1.29 is 102 Å². The Hall–Kier alpha value is -0.710. The third-order valence-electron chi connectivity index (χ3n) is 8.27. The van der Waals surface area contributed by atoms with E-state index in [1.54, 1.807) is 12.2 Å². The molecule has 0 aromatic heterocycles. The second-order valence-electron chi connectivity index (χ2n) is 10.5. The van der Waals surface area contributed by atoms with E-state index < -0.39 is 31.1 Å². The summed E-state index contributed by atoms with van der Waals surface area (Å²) in [7, 11) is -5.38. The molecule has 3 aliphatic rings. The number of phosphoric acid groups is 1. The van der Waals surface area contributed by atoms with Gasteiger partial charge in [-0.3, -0.25) is 0 Å². The number of hydrogen-bond acceptors (Lipinski definition) is 9. The number of esters is 2. The number of phosphoric ester groups is 1. The van der Waals surface area contributed by atoms with E-state index in [0.717, 1.165) is 18.4 Å². The number of carbonyl (C=O) groups excluding carboxylic acids is 2. The summed E-state index contributed by atoms with van der Waals surface area (Å²) >= 11 is 0. The molecule has 2 aliphatic carbocycles. The van der Waals surface area contributed by atoms with Crippen molar-refractivity contribution >= 4 is 19.8 Å². The summed E-state index contributed by atoms with van der Waals surface area (Å²) in [6, 6.07) is 5.44. The molecule has 1 N–H and O–H groups in total. The number of fused-ring (bicyclic) bond motifs is 1. The van der Waals surface area contributed by atoms with Crippen LogP contribution >= 0.6 is 7.82 Å². The summed E-state index contributed by atoms with van der Waals surface area (Å²) in [6.45, 7) is 8.48. The van der Waals surface area contributed by atoms with Gasteiger partial charge in [-0.15, -0.1) is 0 Å². The maximum absolute atomic E-state index is 12.9. The molecule has 0 amide bonds. The Kier molecular flexibility index (Phi) is 11.9. The Labute approximate surface area is 272 Å². The van der Waals surface area contributed by atoms with E-state index in [2.05, 4.69) is 18.0 Å². The fourth-order valence-corrected chi connectivity index (χ4v) is 6.72. The normalized spacial score (nSPS) is 30.4. The molecule has 2 saturated carbocycles. The van der Waals surface area contributed by atoms with Crippen molar-refractivity contribution in [3.63, 3.8) is 0 Å². The van der Waals surface area contributed by atoms with Crippen LogP contribution in [0.1, 0.15) is 49.9 Å². The Morgan fingerprint density at radius 2 is 1.95 bits per heavy atom. The van der Waals surface area contributed by atoms with Crippen LogP contribution in [0, 0.1) is 22.7 Å². The fraction of sp³-hybridized carbons (Fsp3) is 0.481. The van der Waals surface area contributed by atoms with Crippen molar-refractivity contribution in [1.82, 2.24) is 0 Å². The molecular formula is C27H31Na2O9P. The summed E-state index contributed by atoms with van der Waals surface area (Å²) in [5.74, 6) is -1.71. The minimum atomic E-state index is -5.38. The van der Waals surface area contributed by atoms with Crippen molar-refractivity contribution in [3.05, 3.63) is 65.8 Å². The zero-order valence-corrected chi connectivity index (χ0v) is 27.8. The molecular weight excluding hydrogens is 545 g/mol. The average molecular weight is 576 g/mol. The standard InChI is InChI=1S/C27H33O9P.2Na/c1-17-8-11-22-26(2,20(17)10-9-18-13-15-34-24(18)29)14-12-23(28)27(22,3)16-35-25(30)19-6-4-5-7-21(19)36-37(31,32)33;;/h4-7,9-10,13,20,22-23,28H,1,8,11-12,14-16H2,2-3H3,(H2,31,32,33);;/q;2*+1/p-2/b10-9+;;/t20?,22?,23-,26-,27+;;/m1../s1. The number of aliphatic hydroxyl groups excluding tert-OH is 1. The molecule has 200 valence electrons. The van der Waals surface area contributed by atoms with Crippen LogP contribution < -0.4 is 73.4 Å². The van der Waals surface area contributed by atoms with Crippen LogP contribution in [0.5, 0.6) is 5.75 Å². The zero-order valence-electron chi connectivity index (χ0n) is 22.9. The van der Waals surface area contributed by atoms with Crippen molar-refractivity contribution in [2.45, 2.75) is 45.6 Å². The van der Waals surface area contributed by atoms with Gasteiger partial charge in [0.15, 0.2) is 0 Å². The van der Waals surface area contributed by atoms with Gasteiger partial charge in [-0.2, -0.15) is 0 Å². The van der Waals surface area contributed by atoms with Crippen molar-refractivity contribution in [1.29, 1.82) is 0 Å². The number of allylic oxidation sites excluding steroid dienone is 2. The second kappa shape index (κ2) is 13.5. The third kappa shape index (κ3) is 7.39. The third-order valence-corrected chi connectivity index (χ3v) is 8.69. The molecule has 4 rings (SSSR count). The maximum atomic E-state index is 12.9. The van der Waals surface area contributed by atoms with Crippen molar-refractivity contribution in [2.75, 3.05) is 13.2 Å². The average Bonchev–Trinajstić information content (AvgIpc) is 3.24. The van der Waals surface area contributed by atoms with Crippen molar-refractivity contribution in [3.8, 4) is 5.75 Å². The molecule has 1 aliphatic heterocycles. The van der Waals surface area contributed by atoms with E-state index in [9.17, 15) is 29.0 Å². The minimum Gasteiger partial charge on any atom is -0.780 e. The Bertz CT molecular complexity index is 1210. The van der Waals surface area contributed by atoms with E-state index in [1.165, 1.54) is 24.3 Å². The Morgan fingerprint density at radius 3 is 2.59 bits per heavy atom. The molecule has 1 heterocycles. The number of cyclic esters (lactones) is 1. The molecule has 0 bridgehead atoms. The van der Waals surface area contributed by atoms with Crippen LogP contribution in [-0.4, -0.2) is 36.4 Å². The van der Waals surface area contributed by atoms with Crippen LogP contribution in [0.15, 0.2) is 60.2 Å². The number of hydrogen-bond donors (Lipinski definition) is 1. The number of para-hydroxylation sites is 1. The summed E-state index contributed by atoms with van der Waals surface area (Å²) in [6.07, 6.45) is 7.43. The van der Waals surface area contributed by atoms with Gasteiger partial charge in [-0.1, -0.05) is 50.3 Å². The monoisotopic (exact) mass is 576 g/mol. The molecule has 1 aromatic rings. The molecule has 12 heteroatoms. The first-order valence-corrected chi connectivity index (χ1v) is 13.7. The molecule has 2 unspecified atom stereocenters. The first-order valence-electron chi connectivity index (χ1n) is 12.2. The Balaban J connectivity index is 0.00000267. The minimum absolute atomic E-state index is 0. The van der Waals surface area contributed by atoms with Gasteiger partial charge in [0.25, 0.3) is 0 Å². The van der Waals surface area contributed by atoms with Crippen LogP contribution in [0.3, 0.4) is 0 Å². The number of rotatable bonds is 7. The molecule has 2 fully saturated rings. The van der Waals surface area contributed by atoms with Gasteiger partial charge in [-0.05, 0) is 55.2 Å². The predicted molar refractivity (Wildman–Crippen MR) is 130 cm³/mol. The van der Waals surface area contributed by atoms with E-state index in [1.807, 2.05) is 13.0 Å². The first kappa shape index (κ1) is 34.5. The summed E-state index contributed by atoms with van der Waals surface area (Å²) in [4.78, 5) is 47.0. The van der Waals surface area contributed by atoms with E-state index in [0.29, 0.717) is 18.4 Å². The van der Waals surface area contributed by atoms with Gasteiger partial charge < -0.3 is 33.5 Å². The van der Waals surface area contributed by atoms with Gasteiger partial charge in [0, 0.05) is 11.3 Å². The van der Waals surface area contributed by atoms with Gasteiger partial charge >= 0.3 is 71.1 Å². The van der Waals surface area contributed by atoms with Crippen molar-refractivity contribution in [2.24, 2.45) is 22.7 Å². The summed E-state index contributed by atoms with van der Waals surface area (Å²) in [5.41, 5.74) is 0.244. The Morgan fingerprint density at radius 1 is 1.26 bits per heavy atom. The number of ether oxygens (including phenoxy) is 2. The maximum Gasteiger partial charge on any atom is 1.00 e. The summed E-state index contributed by atoms with van der Waals surface area (Å²) in [5, 5.41) is 11.1. The molecule has 0 spiro atoms. The van der Waals surface area contributed by atoms with Gasteiger partial charge in [-0.25, -0.2) is 9.59 Å². The van der Waals surface area contributed by atoms with E-state index >= 15 is 0 Å². The largest absolute Gasteiger partial charge is 1.00 e. The fourth-order valence-electron chi connectivity index (χ4n) is 6.32. The quantitative estimate of drug-likeness (QED) is 0.154. The van der Waals surface area contributed by atoms with Gasteiger partial charge in [0.05, 0.1) is 18.3 Å². The molecule has 0 saturated heterocycles. The van der Waals surface area contributed by atoms with E-state index in [-0.39, 0.29) is 101 Å².